The highest BCUT2D eigenvalue weighted by atomic mass is 32.1. The van der Waals surface area contributed by atoms with Crippen LogP contribution in [0.5, 0.6) is 0 Å². The minimum atomic E-state index is -0.0446. The predicted molar refractivity (Wildman–Crippen MR) is 87.2 cm³/mol. The van der Waals surface area contributed by atoms with E-state index in [9.17, 15) is 4.79 Å². The van der Waals surface area contributed by atoms with Gasteiger partial charge in [0.2, 0.25) is 0 Å². The standard InChI is InChI=1S/C16H17N3O2S/c20-16(15-12-13-4-1-2-5-14(13)22-15)17-7-10-21-11-9-19-8-3-6-18-19/h1-6,8,12H,7,9-11H2,(H,17,20). The number of carbonyl (C=O) groups excluding carboxylic acids is 1. The van der Waals surface area contributed by atoms with Crippen molar-refractivity contribution in [2.24, 2.45) is 0 Å². The van der Waals surface area contributed by atoms with Crippen LogP contribution in [0.25, 0.3) is 10.1 Å². The van der Waals surface area contributed by atoms with Crippen molar-refractivity contribution < 1.29 is 9.53 Å². The van der Waals surface area contributed by atoms with Crippen LogP contribution in [0.1, 0.15) is 9.67 Å². The Morgan fingerprint density at radius 1 is 1.27 bits per heavy atom. The maximum Gasteiger partial charge on any atom is 0.261 e. The molecule has 0 atom stereocenters. The van der Waals surface area contributed by atoms with Gasteiger partial charge < -0.3 is 10.1 Å². The monoisotopic (exact) mass is 315 g/mol. The van der Waals surface area contributed by atoms with Gasteiger partial charge in [0.25, 0.3) is 5.91 Å². The van der Waals surface area contributed by atoms with E-state index in [1.807, 2.05) is 47.3 Å². The first-order valence-corrected chi connectivity index (χ1v) is 7.96. The lowest BCUT2D eigenvalue weighted by Crippen LogP contribution is -2.27. The summed E-state index contributed by atoms with van der Waals surface area (Å²) in [6.45, 7) is 2.31. The molecule has 5 nitrogen and oxygen atoms in total. The lowest BCUT2D eigenvalue weighted by molar-refractivity contribution is 0.0910. The Labute approximate surface area is 132 Å². The first kappa shape index (κ1) is 14.7. The maximum absolute atomic E-state index is 12.1. The first-order valence-electron chi connectivity index (χ1n) is 7.15. The number of carbonyl (C=O) groups is 1. The van der Waals surface area contributed by atoms with Crippen LogP contribution in [-0.2, 0) is 11.3 Å². The highest BCUT2D eigenvalue weighted by Gasteiger charge is 2.09. The van der Waals surface area contributed by atoms with Gasteiger partial charge in [-0.05, 0) is 23.6 Å². The molecule has 114 valence electrons. The fourth-order valence-electron chi connectivity index (χ4n) is 2.11. The number of aromatic nitrogens is 2. The number of fused-ring (bicyclic) bond motifs is 1. The van der Waals surface area contributed by atoms with Gasteiger partial charge >= 0.3 is 0 Å². The van der Waals surface area contributed by atoms with E-state index in [1.165, 1.54) is 11.3 Å². The molecule has 0 spiro atoms. The van der Waals surface area contributed by atoms with Gasteiger partial charge in [-0.25, -0.2) is 0 Å². The molecule has 6 heteroatoms. The largest absolute Gasteiger partial charge is 0.378 e. The molecule has 22 heavy (non-hydrogen) atoms. The summed E-state index contributed by atoms with van der Waals surface area (Å²) in [5.74, 6) is -0.0446. The fraction of sp³-hybridized carbons (Fsp3) is 0.250. The average molecular weight is 315 g/mol. The lowest BCUT2D eigenvalue weighted by atomic mass is 10.2. The molecule has 0 aliphatic heterocycles. The van der Waals surface area contributed by atoms with Crippen LogP contribution in [0, 0.1) is 0 Å². The van der Waals surface area contributed by atoms with Crippen LogP contribution in [0.15, 0.2) is 48.8 Å². The summed E-state index contributed by atoms with van der Waals surface area (Å²) in [4.78, 5) is 12.8. The number of ether oxygens (including phenoxy) is 1. The average Bonchev–Trinajstić information content (AvgIpc) is 3.19. The number of benzene rings is 1. The van der Waals surface area contributed by atoms with Crippen LogP contribution >= 0.6 is 11.3 Å². The number of nitrogens with one attached hydrogen (secondary N) is 1. The zero-order chi connectivity index (χ0) is 15.2. The molecule has 0 bridgehead atoms. The Kier molecular flexibility index (Phi) is 4.82. The summed E-state index contributed by atoms with van der Waals surface area (Å²) in [5, 5.41) is 8.07. The molecule has 0 aliphatic carbocycles. The molecule has 1 N–H and O–H groups in total. The molecular weight excluding hydrogens is 298 g/mol. The highest BCUT2D eigenvalue weighted by Crippen LogP contribution is 2.24. The van der Waals surface area contributed by atoms with E-state index in [0.717, 1.165) is 21.5 Å². The Morgan fingerprint density at radius 3 is 3.00 bits per heavy atom. The van der Waals surface area contributed by atoms with E-state index >= 15 is 0 Å². The summed E-state index contributed by atoms with van der Waals surface area (Å²) in [5.41, 5.74) is 0. The minimum absolute atomic E-state index is 0.0446. The van der Waals surface area contributed by atoms with Crippen LogP contribution < -0.4 is 5.32 Å². The van der Waals surface area contributed by atoms with Crippen molar-refractivity contribution in [2.75, 3.05) is 19.8 Å². The third-order valence-electron chi connectivity index (χ3n) is 3.21. The van der Waals surface area contributed by atoms with E-state index in [2.05, 4.69) is 10.4 Å². The summed E-state index contributed by atoms with van der Waals surface area (Å²) >= 11 is 1.51. The number of thiophene rings is 1. The smallest absolute Gasteiger partial charge is 0.261 e. The quantitative estimate of drug-likeness (QED) is 0.682. The molecule has 1 amide bonds. The Balaban J connectivity index is 1.38. The van der Waals surface area contributed by atoms with E-state index in [0.29, 0.717) is 19.8 Å². The second kappa shape index (κ2) is 7.20. The molecule has 0 saturated heterocycles. The molecule has 1 aromatic carbocycles. The number of hydrogen-bond acceptors (Lipinski definition) is 4. The minimum Gasteiger partial charge on any atom is -0.378 e. The molecule has 3 rings (SSSR count). The van der Waals surface area contributed by atoms with Gasteiger partial charge in [-0.2, -0.15) is 5.10 Å². The van der Waals surface area contributed by atoms with Crippen molar-refractivity contribution in [3.05, 3.63) is 53.7 Å². The second-order valence-corrected chi connectivity index (χ2v) is 5.87. The maximum atomic E-state index is 12.1. The number of hydrogen-bond donors (Lipinski definition) is 1. The molecule has 0 unspecified atom stereocenters. The van der Waals surface area contributed by atoms with Gasteiger partial charge in [0.05, 0.1) is 24.6 Å². The van der Waals surface area contributed by atoms with Gasteiger partial charge in [-0.3, -0.25) is 9.48 Å². The molecule has 0 saturated carbocycles. The zero-order valence-corrected chi connectivity index (χ0v) is 12.9. The Hall–Kier alpha value is -2.18. The van der Waals surface area contributed by atoms with E-state index in [-0.39, 0.29) is 5.91 Å². The third-order valence-corrected chi connectivity index (χ3v) is 4.32. The first-order chi connectivity index (χ1) is 10.8. The molecule has 0 aliphatic rings. The number of amides is 1. The van der Waals surface area contributed by atoms with Crippen molar-refractivity contribution in [1.82, 2.24) is 15.1 Å². The van der Waals surface area contributed by atoms with Crippen LogP contribution in [0.2, 0.25) is 0 Å². The summed E-state index contributed by atoms with van der Waals surface area (Å²) in [6, 6.07) is 11.8. The fourth-order valence-corrected chi connectivity index (χ4v) is 3.09. The molecule has 0 fully saturated rings. The summed E-state index contributed by atoms with van der Waals surface area (Å²) < 4.78 is 8.42. The lowest BCUT2D eigenvalue weighted by Gasteiger charge is -2.05. The van der Waals surface area contributed by atoms with Gasteiger partial charge in [-0.1, -0.05) is 18.2 Å². The number of nitrogens with zero attached hydrogens (tertiary/aromatic N) is 2. The van der Waals surface area contributed by atoms with Crippen molar-refractivity contribution in [3.63, 3.8) is 0 Å². The van der Waals surface area contributed by atoms with E-state index in [4.69, 9.17) is 4.74 Å². The van der Waals surface area contributed by atoms with Crippen molar-refractivity contribution in [2.45, 2.75) is 6.54 Å². The number of rotatable bonds is 7. The molecule has 3 aromatic rings. The van der Waals surface area contributed by atoms with E-state index in [1.54, 1.807) is 6.20 Å². The van der Waals surface area contributed by atoms with Crippen molar-refractivity contribution >= 4 is 27.3 Å². The van der Waals surface area contributed by atoms with Crippen LogP contribution in [-0.4, -0.2) is 35.4 Å². The summed E-state index contributed by atoms with van der Waals surface area (Å²) in [6.07, 6.45) is 3.64. The van der Waals surface area contributed by atoms with Crippen LogP contribution in [0.4, 0.5) is 0 Å². The van der Waals surface area contributed by atoms with Crippen molar-refractivity contribution in [3.8, 4) is 0 Å². The normalized spacial score (nSPS) is 10.9. The van der Waals surface area contributed by atoms with Gasteiger partial charge in [0, 0.05) is 23.6 Å². The molecule has 0 radical (unpaired) electrons. The Morgan fingerprint density at radius 2 is 2.18 bits per heavy atom. The third kappa shape index (κ3) is 3.72. The topological polar surface area (TPSA) is 56.1 Å². The van der Waals surface area contributed by atoms with Gasteiger partial charge in [0.15, 0.2) is 0 Å². The molecule has 2 aromatic heterocycles. The van der Waals surface area contributed by atoms with Crippen molar-refractivity contribution in [1.29, 1.82) is 0 Å². The molecular formula is C16H17N3O2S. The summed E-state index contributed by atoms with van der Waals surface area (Å²) in [7, 11) is 0. The van der Waals surface area contributed by atoms with Gasteiger partial charge in [-0.15, -0.1) is 11.3 Å². The molecule has 2 heterocycles. The highest BCUT2D eigenvalue weighted by molar-refractivity contribution is 7.20. The van der Waals surface area contributed by atoms with Crippen LogP contribution in [0.3, 0.4) is 0 Å². The second-order valence-electron chi connectivity index (χ2n) is 4.79. The SMILES string of the molecule is O=C(NCCOCCn1cccn1)c1cc2ccccc2s1. The Bertz CT molecular complexity index is 704. The van der Waals surface area contributed by atoms with E-state index < -0.39 is 0 Å². The zero-order valence-electron chi connectivity index (χ0n) is 12.1. The van der Waals surface area contributed by atoms with Gasteiger partial charge in [0.1, 0.15) is 0 Å². The predicted octanol–water partition coefficient (Wildman–Crippen LogP) is 2.54.